The van der Waals surface area contributed by atoms with Gasteiger partial charge in [0, 0.05) is 5.69 Å². The van der Waals surface area contributed by atoms with Crippen molar-refractivity contribution in [2.24, 2.45) is 0 Å². The summed E-state index contributed by atoms with van der Waals surface area (Å²) in [6.45, 7) is 2.45. The number of benzene rings is 2. The smallest absolute Gasteiger partial charge is 0.337 e. The molecule has 0 radical (unpaired) electrons. The van der Waals surface area contributed by atoms with Crippen LogP contribution in [-0.4, -0.2) is 25.6 Å². The van der Waals surface area contributed by atoms with Gasteiger partial charge in [-0.25, -0.2) is 4.79 Å². The summed E-state index contributed by atoms with van der Waals surface area (Å²) in [5, 5.41) is 11.9. The molecule has 2 aromatic rings. The van der Waals surface area contributed by atoms with Crippen molar-refractivity contribution in [3.05, 3.63) is 65.2 Å². The second-order valence-electron chi connectivity index (χ2n) is 5.20. The number of nitrogens with one attached hydrogen (secondary N) is 1. The van der Waals surface area contributed by atoms with Gasteiger partial charge in [-0.1, -0.05) is 18.2 Å². The van der Waals surface area contributed by atoms with E-state index in [0.717, 1.165) is 0 Å². The first kappa shape index (κ1) is 18.7. The number of hydrogen-bond donors (Lipinski definition) is 1. The fourth-order valence-corrected chi connectivity index (χ4v) is 2.18. The summed E-state index contributed by atoms with van der Waals surface area (Å²) in [7, 11) is 1.28. The third kappa shape index (κ3) is 4.95. The molecule has 0 atom stereocenters. The minimum absolute atomic E-state index is 0.0577. The summed E-state index contributed by atoms with van der Waals surface area (Å²) in [4.78, 5) is 23.9. The molecule has 0 aliphatic rings. The molecule has 0 spiro atoms. The van der Waals surface area contributed by atoms with Crippen LogP contribution in [0.4, 0.5) is 5.69 Å². The SMILES string of the molecule is CCOc1ccc(/C=C(\C#N)C(=O)Nc2cccc(C(=O)OC)c2)cc1. The highest BCUT2D eigenvalue weighted by molar-refractivity contribution is 6.10. The average Bonchev–Trinajstić information content (AvgIpc) is 2.67. The fourth-order valence-electron chi connectivity index (χ4n) is 2.18. The third-order valence-corrected chi connectivity index (χ3v) is 3.41. The van der Waals surface area contributed by atoms with Crippen LogP contribution >= 0.6 is 0 Å². The van der Waals surface area contributed by atoms with Gasteiger partial charge in [0.15, 0.2) is 0 Å². The maximum atomic E-state index is 12.3. The standard InChI is InChI=1S/C20H18N2O4/c1-3-26-18-9-7-14(8-10-18)11-16(13-21)19(23)22-17-6-4-5-15(12-17)20(24)25-2/h4-12H,3H2,1-2H3,(H,22,23)/b16-11+. The van der Waals surface area contributed by atoms with E-state index in [1.165, 1.54) is 19.3 Å². The summed E-state index contributed by atoms with van der Waals surface area (Å²) >= 11 is 0. The first-order valence-corrected chi connectivity index (χ1v) is 7.91. The number of ether oxygens (including phenoxy) is 2. The molecule has 132 valence electrons. The molecule has 0 saturated carbocycles. The van der Waals surface area contributed by atoms with Crippen LogP contribution in [0, 0.1) is 11.3 Å². The molecule has 2 rings (SSSR count). The number of hydrogen-bond acceptors (Lipinski definition) is 5. The van der Waals surface area contributed by atoms with Crippen molar-refractivity contribution >= 4 is 23.6 Å². The maximum absolute atomic E-state index is 12.3. The molecule has 1 N–H and O–H groups in total. The van der Waals surface area contributed by atoms with Crippen molar-refractivity contribution in [2.75, 3.05) is 19.0 Å². The Bertz CT molecular complexity index is 864. The van der Waals surface area contributed by atoms with Gasteiger partial charge in [-0.05, 0) is 48.9 Å². The van der Waals surface area contributed by atoms with Gasteiger partial charge in [0.1, 0.15) is 17.4 Å². The predicted octanol–water partition coefficient (Wildman–Crippen LogP) is 3.42. The quantitative estimate of drug-likeness (QED) is 0.490. The molecule has 0 saturated heterocycles. The van der Waals surface area contributed by atoms with Crippen molar-refractivity contribution in [3.8, 4) is 11.8 Å². The molecule has 6 nitrogen and oxygen atoms in total. The van der Waals surface area contributed by atoms with E-state index in [2.05, 4.69) is 10.1 Å². The van der Waals surface area contributed by atoms with Crippen molar-refractivity contribution < 1.29 is 19.1 Å². The highest BCUT2D eigenvalue weighted by Gasteiger charge is 2.11. The summed E-state index contributed by atoms with van der Waals surface area (Å²) in [6.07, 6.45) is 1.48. The van der Waals surface area contributed by atoms with E-state index >= 15 is 0 Å². The van der Waals surface area contributed by atoms with Gasteiger partial charge < -0.3 is 14.8 Å². The van der Waals surface area contributed by atoms with E-state index in [1.807, 2.05) is 13.0 Å². The number of rotatable bonds is 6. The van der Waals surface area contributed by atoms with Crippen LogP contribution in [0.15, 0.2) is 54.1 Å². The zero-order valence-electron chi connectivity index (χ0n) is 14.5. The molecule has 0 aliphatic carbocycles. The Morgan fingerprint density at radius 1 is 1.19 bits per heavy atom. The first-order valence-electron chi connectivity index (χ1n) is 7.91. The lowest BCUT2D eigenvalue weighted by molar-refractivity contribution is -0.112. The highest BCUT2D eigenvalue weighted by atomic mass is 16.5. The van der Waals surface area contributed by atoms with Crippen LogP contribution in [0.1, 0.15) is 22.8 Å². The second kappa shape index (κ2) is 9.04. The number of nitriles is 1. The predicted molar refractivity (Wildman–Crippen MR) is 97.6 cm³/mol. The number of esters is 1. The molecular weight excluding hydrogens is 332 g/mol. The van der Waals surface area contributed by atoms with Crippen molar-refractivity contribution in [3.63, 3.8) is 0 Å². The summed E-state index contributed by atoms with van der Waals surface area (Å²) in [5.74, 6) is -0.359. The summed E-state index contributed by atoms with van der Waals surface area (Å²) in [5.41, 5.74) is 1.34. The number of amides is 1. The summed E-state index contributed by atoms with van der Waals surface area (Å²) in [6, 6.07) is 15.2. The maximum Gasteiger partial charge on any atom is 0.337 e. The van der Waals surface area contributed by atoms with Crippen LogP contribution in [0.2, 0.25) is 0 Å². The molecule has 2 aromatic carbocycles. The number of nitrogens with zero attached hydrogens (tertiary/aromatic N) is 1. The first-order chi connectivity index (χ1) is 12.6. The Balaban J connectivity index is 2.16. The van der Waals surface area contributed by atoms with Crippen LogP contribution in [0.3, 0.4) is 0 Å². The number of anilines is 1. The highest BCUT2D eigenvalue weighted by Crippen LogP contribution is 2.16. The molecule has 0 fully saturated rings. The van der Waals surface area contributed by atoms with E-state index in [4.69, 9.17) is 4.74 Å². The lowest BCUT2D eigenvalue weighted by atomic mass is 10.1. The zero-order chi connectivity index (χ0) is 18.9. The Morgan fingerprint density at radius 2 is 1.92 bits per heavy atom. The molecule has 0 bridgehead atoms. The van der Waals surface area contributed by atoms with Gasteiger partial charge >= 0.3 is 5.97 Å². The summed E-state index contributed by atoms with van der Waals surface area (Å²) < 4.78 is 10.0. The Hall–Kier alpha value is -3.59. The minimum Gasteiger partial charge on any atom is -0.494 e. The molecule has 0 unspecified atom stereocenters. The lowest BCUT2D eigenvalue weighted by Gasteiger charge is -2.06. The minimum atomic E-state index is -0.566. The molecule has 1 amide bonds. The molecule has 0 heterocycles. The topological polar surface area (TPSA) is 88.4 Å². The largest absolute Gasteiger partial charge is 0.494 e. The van der Waals surface area contributed by atoms with Crippen LogP contribution in [-0.2, 0) is 9.53 Å². The van der Waals surface area contributed by atoms with Gasteiger partial charge in [0.2, 0.25) is 0 Å². The van der Waals surface area contributed by atoms with Gasteiger partial charge in [0.25, 0.3) is 5.91 Å². The molecular formula is C20H18N2O4. The Kier molecular flexibility index (Phi) is 6.52. The van der Waals surface area contributed by atoms with E-state index in [9.17, 15) is 14.9 Å². The number of carbonyl (C=O) groups excluding carboxylic acids is 2. The van der Waals surface area contributed by atoms with Crippen LogP contribution in [0.5, 0.6) is 5.75 Å². The van der Waals surface area contributed by atoms with E-state index < -0.39 is 11.9 Å². The lowest BCUT2D eigenvalue weighted by Crippen LogP contribution is -2.14. The molecule has 0 aliphatic heterocycles. The normalized spacial score (nSPS) is 10.6. The van der Waals surface area contributed by atoms with Crippen LogP contribution in [0.25, 0.3) is 6.08 Å². The van der Waals surface area contributed by atoms with Gasteiger partial charge in [-0.2, -0.15) is 5.26 Å². The average molecular weight is 350 g/mol. The zero-order valence-corrected chi connectivity index (χ0v) is 14.5. The number of methoxy groups -OCH3 is 1. The fraction of sp³-hybridized carbons (Fsp3) is 0.150. The van der Waals surface area contributed by atoms with Gasteiger partial charge in [-0.3, -0.25) is 4.79 Å². The van der Waals surface area contributed by atoms with Crippen LogP contribution < -0.4 is 10.1 Å². The van der Waals surface area contributed by atoms with Crippen molar-refractivity contribution in [1.82, 2.24) is 0 Å². The second-order valence-corrected chi connectivity index (χ2v) is 5.20. The molecule has 26 heavy (non-hydrogen) atoms. The van der Waals surface area contributed by atoms with E-state index in [1.54, 1.807) is 42.5 Å². The molecule has 6 heteroatoms. The van der Waals surface area contributed by atoms with Gasteiger partial charge in [0.05, 0.1) is 19.3 Å². The van der Waals surface area contributed by atoms with E-state index in [0.29, 0.717) is 29.2 Å². The van der Waals surface area contributed by atoms with Crippen molar-refractivity contribution in [2.45, 2.75) is 6.92 Å². The Labute approximate surface area is 151 Å². The third-order valence-electron chi connectivity index (χ3n) is 3.41. The Morgan fingerprint density at radius 3 is 2.54 bits per heavy atom. The van der Waals surface area contributed by atoms with Gasteiger partial charge in [-0.15, -0.1) is 0 Å². The van der Waals surface area contributed by atoms with E-state index in [-0.39, 0.29) is 5.57 Å². The molecule has 0 aromatic heterocycles. The van der Waals surface area contributed by atoms with Crippen molar-refractivity contribution in [1.29, 1.82) is 5.26 Å². The monoisotopic (exact) mass is 350 g/mol. The number of carbonyl (C=O) groups is 2.